The monoisotopic (exact) mass is 346 g/mol. The minimum Gasteiger partial charge on any atom is -0.370 e. The second kappa shape index (κ2) is 6.85. The predicted octanol–water partition coefficient (Wildman–Crippen LogP) is 3.87. The number of aromatic nitrogens is 2. The maximum Gasteiger partial charge on any atom is 0.276 e. The molecule has 1 aliphatic heterocycles. The van der Waals surface area contributed by atoms with Gasteiger partial charge >= 0.3 is 0 Å². The highest BCUT2D eigenvalue weighted by Crippen LogP contribution is 2.32. The number of anilines is 2. The number of benzene rings is 1. The summed E-state index contributed by atoms with van der Waals surface area (Å²) in [5.41, 5.74) is 3.11. The van der Waals surface area contributed by atoms with Crippen molar-refractivity contribution in [1.82, 2.24) is 9.78 Å². The van der Waals surface area contributed by atoms with Crippen molar-refractivity contribution in [2.45, 2.75) is 26.7 Å². The molecule has 1 unspecified atom stereocenters. The van der Waals surface area contributed by atoms with Crippen LogP contribution in [-0.2, 0) is 7.05 Å². The Bertz CT molecular complexity index is 736. The van der Waals surface area contributed by atoms with Gasteiger partial charge in [-0.3, -0.25) is 9.48 Å². The molecule has 128 valence electrons. The molecule has 0 aliphatic carbocycles. The molecule has 24 heavy (non-hydrogen) atoms. The fraction of sp³-hybridized carbons (Fsp3) is 0.444. The summed E-state index contributed by atoms with van der Waals surface area (Å²) < 4.78 is 1.69. The Hall–Kier alpha value is -2.01. The molecule has 2 aromatic rings. The van der Waals surface area contributed by atoms with E-state index in [-0.39, 0.29) is 5.91 Å². The van der Waals surface area contributed by atoms with E-state index < -0.39 is 0 Å². The molecule has 1 aromatic carbocycles. The van der Waals surface area contributed by atoms with Crippen LogP contribution in [0.3, 0.4) is 0 Å². The number of amides is 1. The van der Waals surface area contributed by atoms with E-state index in [1.807, 2.05) is 32.2 Å². The third-order valence-electron chi connectivity index (χ3n) is 4.55. The number of hydrogen-bond donors (Lipinski definition) is 1. The second-order valence-corrected chi connectivity index (χ2v) is 7.04. The number of piperidine rings is 1. The number of rotatable bonds is 3. The van der Waals surface area contributed by atoms with Gasteiger partial charge < -0.3 is 10.2 Å². The van der Waals surface area contributed by atoms with Crippen LogP contribution in [0.2, 0.25) is 5.02 Å². The highest BCUT2D eigenvalue weighted by Gasteiger charge is 2.21. The summed E-state index contributed by atoms with van der Waals surface area (Å²) in [7, 11) is 1.83. The van der Waals surface area contributed by atoms with E-state index in [1.165, 1.54) is 6.42 Å². The van der Waals surface area contributed by atoms with Crippen molar-refractivity contribution in [3.05, 3.63) is 40.7 Å². The first-order valence-corrected chi connectivity index (χ1v) is 8.68. The van der Waals surface area contributed by atoms with E-state index in [2.05, 4.69) is 22.2 Å². The first-order valence-electron chi connectivity index (χ1n) is 8.30. The van der Waals surface area contributed by atoms with Crippen LogP contribution in [0.25, 0.3) is 0 Å². The zero-order chi connectivity index (χ0) is 17.3. The van der Waals surface area contributed by atoms with Gasteiger partial charge in [0.1, 0.15) is 0 Å². The molecule has 1 saturated heterocycles. The normalized spacial score (nSPS) is 17.8. The summed E-state index contributed by atoms with van der Waals surface area (Å²) in [6.07, 6.45) is 2.41. The molecule has 1 fully saturated rings. The number of halogens is 1. The Balaban J connectivity index is 1.86. The maximum atomic E-state index is 12.5. The van der Waals surface area contributed by atoms with Gasteiger partial charge in [0.2, 0.25) is 0 Å². The quantitative estimate of drug-likeness (QED) is 0.917. The lowest BCUT2D eigenvalue weighted by Gasteiger charge is -2.34. The van der Waals surface area contributed by atoms with Crippen molar-refractivity contribution >= 4 is 28.9 Å². The molecule has 0 saturated carbocycles. The second-order valence-electron chi connectivity index (χ2n) is 6.60. The Kier molecular flexibility index (Phi) is 4.81. The van der Waals surface area contributed by atoms with Crippen LogP contribution >= 0.6 is 11.6 Å². The van der Waals surface area contributed by atoms with Crippen LogP contribution < -0.4 is 10.2 Å². The van der Waals surface area contributed by atoms with Crippen LogP contribution in [0.1, 0.15) is 35.9 Å². The first-order chi connectivity index (χ1) is 11.4. The van der Waals surface area contributed by atoms with E-state index in [4.69, 9.17) is 11.6 Å². The van der Waals surface area contributed by atoms with Crippen LogP contribution in [0.15, 0.2) is 24.3 Å². The zero-order valence-corrected chi connectivity index (χ0v) is 15.1. The largest absolute Gasteiger partial charge is 0.370 e. The average molecular weight is 347 g/mol. The summed E-state index contributed by atoms with van der Waals surface area (Å²) in [5.74, 6) is 0.434. The molecule has 3 rings (SSSR count). The van der Waals surface area contributed by atoms with Crippen LogP contribution in [-0.4, -0.2) is 28.8 Å². The van der Waals surface area contributed by atoms with Crippen molar-refractivity contribution in [3.8, 4) is 0 Å². The van der Waals surface area contributed by atoms with Gasteiger partial charge in [0, 0.05) is 30.9 Å². The van der Waals surface area contributed by atoms with E-state index in [0.29, 0.717) is 16.6 Å². The Labute approximate surface area is 147 Å². The van der Waals surface area contributed by atoms with Gasteiger partial charge in [-0.15, -0.1) is 0 Å². The van der Waals surface area contributed by atoms with Crippen molar-refractivity contribution in [3.63, 3.8) is 0 Å². The van der Waals surface area contributed by atoms with Crippen molar-refractivity contribution in [2.75, 3.05) is 23.3 Å². The van der Waals surface area contributed by atoms with Gasteiger partial charge in [-0.05, 0) is 49.9 Å². The fourth-order valence-corrected chi connectivity index (χ4v) is 3.32. The molecule has 6 heteroatoms. The van der Waals surface area contributed by atoms with E-state index >= 15 is 0 Å². The summed E-state index contributed by atoms with van der Waals surface area (Å²) in [6, 6.07) is 7.45. The smallest absolute Gasteiger partial charge is 0.276 e. The number of nitrogens with zero attached hydrogens (tertiary/aromatic N) is 3. The van der Waals surface area contributed by atoms with Crippen LogP contribution in [0, 0.1) is 12.8 Å². The van der Waals surface area contributed by atoms with Gasteiger partial charge in [0.05, 0.1) is 11.4 Å². The van der Waals surface area contributed by atoms with Gasteiger partial charge in [0.25, 0.3) is 5.91 Å². The van der Waals surface area contributed by atoms with Gasteiger partial charge in [-0.2, -0.15) is 5.10 Å². The van der Waals surface area contributed by atoms with Crippen LogP contribution in [0.4, 0.5) is 11.4 Å². The lowest BCUT2D eigenvalue weighted by Crippen LogP contribution is -2.34. The third-order valence-corrected chi connectivity index (χ3v) is 4.79. The molecule has 0 bridgehead atoms. The molecule has 1 aromatic heterocycles. The lowest BCUT2D eigenvalue weighted by atomic mass is 9.99. The minimum atomic E-state index is -0.215. The molecule has 1 aliphatic rings. The molecular formula is C18H23ClN4O. The predicted molar refractivity (Wildman–Crippen MR) is 98.0 cm³/mol. The number of aryl methyl sites for hydroxylation is 2. The number of carbonyl (C=O) groups excluding carboxylic acids is 1. The molecule has 1 amide bonds. The van der Waals surface area contributed by atoms with Gasteiger partial charge in [-0.25, -0.2) is 0 Å². The maximum absolute atomic E-state index is 12.5. The number of nitrogens with one attached hydrogen (secondary N) is 1. The zero-order valence-electron chi connectivity index (χ0n) is 14.3. The van der Waals surface area contributed by atoms with Crippen molar-refractivity contribution in [2.24, 2.45) is 13.0 Å². The molecule has 0 spiro atoms. The summed E-state index contributed by atoms with van der Waals surface area (Å²) in [6.45, 7) is 6.17. The Morgan fingerprint density at radius 3 is 2.83 bits per heavy atom. The standard InChI is InChI=1S/C18H23ClN4O/c1-12-5-4-8-23(11-12)17-7-6-14(19)10-15(17)20-18(24)16-9-13(2)22(3)21-16/h6-7,9-10,12H,4-5,8,11H2,1-3H3,(H,20,24). The molecule has 2 heterocycles. The number of hydrogen-bond acceptors (Lipinski definition) is 3. The highest BCUT2D eigenvalue weighted by molar-refractivity contribution is 6.31. The number of carbonyl (C=O) groups is 1. The molecule has 0 radical (unpaired) electrons. The van der Waals surface area contributed by atoms with Gasteiger partial charge in [-0.1, -0.05) is 18.5 Å². The molecule has 1 N–H and O–H groups in total. The Morgan fingerprint density at radius 2 is 2.17 bits per heavy atom. The van der Waals surface area contributed by atoms with E-state index in [1.54, 1.807) is 10.7 Å². The van der Waals surface area contributed by atoms with E-state index in [9.17, 15) is 4.79 Å². The van der Waals surface area contributed by atoms with Crippen molar-refractivity contribution in [1.29, 1.82) is 0 Å². The summed E-state index contributed by atoms with van der Waals surface area (Å²) in [4.78, 5) is 14.9. The first kappa shape index (κ1) is 16.8. The molecular weight excluding hydrogens is 324 g/mol. The average Bonchev–Trinajstić information content (AvgIpc) is 2.87. The Morgan fingerprint density at radius 1 is 1.38 bits per heavy atom. The van der Waals surface area contributed by atoms with Crippen molar-refractivity contribution < 1.29 is 4.79 Å². The minimum absolute atomic E-state index is 0.215. The summed E-state index contributed by atoms with van der Waals surface area (Å²) >= 11 is 6.15. The van der Waals surface area contributed by atoms with E-state index in [0.717, 1.165) is 36.6 Å². The fourth-order valence-electron chi connectivity index (χ4n) is 3.15. The van der Waals surface area contributed by atoms with Gasteiger partial charge in [0.15, 0.2) is 5.69 Å². The lowest BCUT2D eigenvalue weighted by molar-refractivity contribution is 0.102. The highest BCUT2D eigenvalue weighted by atomic mass is 35.5. The SMILES string of the molecule is Cc1cc(C(=O)Nc2cc(Cl)ccc2N2CCCC(C)C2)nn1C. The topological polar surface area (TPSA) is 50.2 Å². The summed E-state index contributed by atoms with van der Waals surface area (Å²) in [5, 5.41) is 7.83. The molecule has 5 nitrogen and oxygen atoms in total. The third kappa shape index (κ3) is 3.56. The van der Waals surface area contributed by atoms with Crippen LogP contribution in [0.5, 0.6) is 0 Å². The molecule has 1 atom stereocenters.